The van der Waals surface area contributed by atoms with E-state index in [0.717, 1.165) is 32.7 Å². The molecule has 0 aromatic carbocycles. The number of hydrogen-bond donors (Lipinski definition) is 1. The Morgan fingerprint density at radius 2 is 2.05 bits per heavy atom. The first-order valence-electron chi connectivity index (χ1n) is 7.72. The van der Waals surface area contributed by atoms with E-state index >= 15 is 0 Å². The van der Waals surface area contributed by atoms with Crippen molar-refractivity contribution in [1.29, 1.82) is 0 Å². The van der Waals surface area contributed by atoms with E-state index in [2.05, 4.69) is 10.2 Å². The molecular weight excluding hydrogens is 270 g/mol. The zero-order chi connectivity index (χ0) is 15.9. The fourth-order valence-electron chi connectivity index (χ4n) is 2.10. The number of nitrogens with zero attached hydrogens (tertiary/aromatic N) is 2. The first kappa shape index (κ1) is 18.2. The Labute approximate surface area is 128 Å². The van der Waals surface area contributed by atoms with E-state index in [1.54, 1.807) is 4.90 Å². The maximum atomic E-state index is 11.9. The second-order valence-electron chi connectivity index (χ2n) is 6.78. The first-order valence-corrected chi connectivity index (χ1v) is 7.72. The molecule has 1 atom stereocenters. The van der Waals surface area contributed by atoms with Gasteiger partial charge in [-0.2, -0.15) is 0 Å². The fourth-order valence-corrected chi connectivity index (χ4v) is 2.10. The van der Waals surface area contributed by atoms with Crippen LogP contribution in [0.5, 0.6) is 0 Å². The smallest absolute Gasteiger partial charge is 0.410 e. The summed E-state index contributed by atoms with van der Waals surface area (Å²) >= 11 is 0. The van der Waals surface area contributed by atoms with Gasteiger partial charge in [-0.15, -0.1) is 0 Å². The lowest BCUT2D eigenvalue weighted by Gasteiger charge is -2.24. The van der Waals surface area contributed by atoms with Gasteiger partial charge in [-0.3, -0.25) is 0 Å². The van der Waals surface area contributed by atoms with Crippen molar-refractivity contribution in [3.63, 3.8) is 0 Å². The molecule has 6 nitrogen and oxygen atoms in total. The van der Waals surface area contributed by atoms with Gasteiger partial charge in [0.1, 0.15) is 5.60 Å². The summed E-state index contributed by atoms with van der Waals surface area (Å²) < 4.78 is 10.9. The second-order valence-corrected chi connectivity index (χ2v) is 6.78. The summed E-state index contributed by atoms with van der Waals surface area (Å²) in [4.78, 5) is 15.8. The summed E-state index contributed by atoms with van der Waals surface area (Å²) in [5.41, 5.74) is -0.428. The Hall–Kier alpha value is -0.850. The molecule has 0 aromatic rings. The fraction of sp³-hybridized carbons (Fsp3) is 0.933. The monoisotopic (exact) mass is 301 g/mol. The highest BCUT2D eigenvalue weighted by molar-refractivity contribution is 5.68. The minimum atomic E-state index is -0.428. The zero-order valence-corrected chi connectivity index (χ0v) is 14.1. The normalized spacial score (nSPS) is 19.3. The van der Waals surface area contributed by atoms with E-state index in [-0.39, 0.29) is 6.09 Å². The van der Waals surface area contributed by atoms with E-state index < -0.39 is 5.60 Å². The molecule has 1 N–H and O–H groups in total. The molecule has 1 heterocycles. The third kappa shape index (κ3) is 8.24. The van der Waals surface area contributed by atoms with Crippen LogP contribution < -0.4 is 5.32 Å². The van der Waals surface area contributed by atoms with Crippen LogP contribution in [-0.4, -0.2) is 81.0 Å². The Balaban J connectivity index is 2.10. The molecule has 1 rings (SSSR count). The van der Waals surface area contributed by atoms with Crippen LogP contribution >= 0.6 is 0 Å². The summed E-state index contributed by atoms with van der Waals surface area (Å²) in [6, 6.07) is 0.343. The van der Waals surface area contributed by atoms with Crippen LogP contribution in [0.3, 0.4) is 0 Å². The van der Waals surface area contributed by atoms with Gasteiger partial charge in [0.2, 0.25) is 0 Å². The molecule has 0 saturated carbocycles. The summed E-state index contributed by atoms with van der Waals surface area (Å²) in [6.07, 6.45) is 0.755. The molecule has 0 spiro atoms. The number of hydrogen-bond acceptors (Lipinski definition) is 5. The van der Waals surface area contributed by atoms with Gasteiger partial charge in [0.15, 0.2) is 0 Å². The number of likely N-dealkylation sites (tertiary alicyclic amines) is 1. The van der Waals surface area contributed by atoms with Crippen molar-refractivity contribution in [1.82, 2.24) is 15.1 Å². The Morgan fingerprint density at radius 1 is 1.33 bits per heavy atom. The molecule has 1 aliphatic rings. The van der Waals surface area contributed by atoms with Crippen molar-refractivity contribution in [2.75, 3.05) is 53.5 Å². The third-order valence-electron chi connectivity index (χ3n) is 3.20. The topological polar surface area (TPSA) is 54.0 Å². The molecule has 1 fully saturated rings. The maximum absolute atomic E-state index is 11.9. The number of carbonyl (C=O) groups is 1. The van der Waals surface area contributed by atoms with Crippen molar-refractivity contribution >= 4 is 6.09 Å². The number of nitrogens with one attached hydrogen (secondary N) is 1. The van der Waals surface area contributed by atoms with Gasteiger partial charge >= 0.3 is 6.09 Å². The van der Waals surface area contributed by atoms with Crippen LogP contribution in [0.4, 0.5) is 4.79 Å². The average molecular weight is 301 g/mol. The van der Waals surface area contributed by atoms with Gasteiger partial charge < -0.3 is 24.6 Å². The van der Waals surface area contributed by atoms with Crippen molar-refractivity contribution in [3.8, 4) is 0 Å². The minimum Gasteiger partial charge on any atom is -0.444 e. The van der Waals surface area contributed by atoms with Gasteiger partial charge in [0.25, 0.3) is 0 Å². The number of amides is 1. The standard InChI is InChI=1S/C15H31N3O3/c1-15(2,3)21-14(19)18-8-6-13(12-18)16-7-10-20-11-9-17(4)5/h13,16H,6-12H2,1-5H3. The molecule has 1 aliphatic heterocycles. The summed E-state index contributed by atoms with van der Waals surface area (Å²) in [5, 5.41) is 3.43. The van der Waals surface area contributed by atoms with Gasteiger partial charge in [-0.05, 0) is 41.3 Å². The number of carbonyl (C=O) groups excluding carboxylic acids is 1. The molecule has 0 aliphatic carbocycles. The highest BCUT2D eigenvalue weighted by Gasteiger charge is 2.29. The van der Waals surface area contributed by atoms with Crippen molar-refractivity contribution < 1.29 is 14.3 Å². The largest absolute Gasteiger partial charge is 0.444 e. The van der Waals surface area contributed by atoms with Crippen LogP contribution in [0.2, 0.25) is 0 Å². The first-order chi connectivity index (χ1) is 9.78. The molecule has 0 bridgehead atoms. The number of rotatable bonds is 7. The van der Waals surface area contributed by atoms with Crippen molar-refractivity contribution in [2.24, 2.45) is 0 Å². The maximum Gasteiger partial charge on any atom is 0.410 e. The van der Waals surface area contributed by atoms with Crippen molar-refractivity contribution in [3.05, 3.63) is 0 Å². The van der Waals surface area contributed by atoms with Crippen molar-refractivity contribution in [2.45, 2.75) is 38.8 Å². The SMILES string of the molecule is CN(C)CCOCCNC1CCN(C(=O)OC(C)(C)C)C1. The van der Waals surface area contributed by atoms with Gasteiger partial charge in [0, 0.05) is 32.2 Å². The molecule has 6 heteroatoms. The predicted molar refractivity (Wildman–Crippen MR) is 83.6 cm³/mol. The van der Waals surface area contributed by atoms with Gasteiger partial charge in [-0.25, -0.2) is 4.79 Å². The zero-order valence-electron chi connectivity index (χ0n) is 14.1. The molecule has 0 radical (unpaired) electrons. The lowest BCUT2D eigenvalue weighted by atomic mass is 10.2. The number of likely N-dealkylation sites (N-methyl/N-ethyl adjacent to an activating group) is 1. The lowest BCUT2D eigenvalue weighted by Crippen LogP contribution is -2.39. The Kier molecular flexibility index (Phi) is 7.42. The highest BCUT2D eigenvalue weighted by atomic mass is 16.6. The minimum absolute atomic E-state index is 0.214. The Morgan fingerprint density at radius 3 is 2.67 bits per heavy atom. The summed E-state index contributed by atoms with van der Waals surface area (Å²) in [5.74, 6) is 0. The summed E-state index contributed by atoms with van der Waals surface area (Å²) in [7, 11) is 4.07. The molecule has 1 unspecified atom stereocenters. The summed E-state index contributed by atoms with van der Waals surface area (Å²) in [6.45, 7) is 10.4. The molecule has 21 heavy (non-hydrogen) atoms. The van der Waals surface area contributed by atoms with Gasteiger partial charge in [0.05, 0.1) is 13.2 Å². The predicted octanol–water partition coefficient (Wildman–Crippen LogP) is 1.16. The quantitative estimate of drug-likeness (QED) is 0.715. The van der Waals surface area contributed by atoms with Crippen LogP contribution in [-0.2, 0) is 9.47 Å². The molecular formula is C15H31N3O3. The van der Waals surface area contributed by atoms with Crippen LogP contribution in [0.15, 0.2) is 0 Å². The van der Waals surface area contributed by atoms with Crippen LogP contribution in [0, 0.1) is 0 Å². The molecule has 1 amide bonds. The second kappa shape index (κ2) is 8.56. The van der Waals surface area contributed by atoms with E-state index in [9.17, 15) is 4.79 Å². The van der Waals surface area contributed by atoms with E-state index in [1.165, 1.54) is 0 Å². The van der Waals surface area contributed by atoms with E-state index in [0.29, 0.717) is 19.2 Å². The highest BCUT2D eigenvalue weighted by Crippen LogP contribution is 2.15. The molecule has 124 valence electrons. The number of ether oxygens (including phenoxy) is 2. The Bertz CT molecular complexity index is 316. The van der Waals surface area contributed by atoms with Gasteiger partial charge in [-0.1, -0.05) is 0 Å². The van der Waals surface area contributed by atoms with Crippen LogP contribution in [0.1, 0.15) is 27.2 Å². The third-order valence-corrected chi connectivity index (χ3v) is 3.20. The van der Waals surface area contributed by atoms with E-state index in [4.69, 9.17) is 9.47 Å². The van der Waals surface area contributed by atoms with E-state index in [1.807, 2.05) is 34.9 Å². The molecule has 0 aromatic heterocycles. The lowest BCUT2D eigenvalue weighted by molar-refractivity contribution is 0.0290. The average Bonchev–Trinajstić information content (AvgIpc) is 2.80. The van der Waals surface area contributed by atoms with Crippen LogP contribution in [0.25, 0.3) is 0 Å². The molecule has 1 saturated heterocycles.